The van der Waals surface area contributed by atoms with Crippen LogP contribution in [-0.4, -0.2) is 51.5 Å². The fraction of sp³-hybridized carbons (Fsp3) is 0.387. The SMILES string of the molecule is CCOC(=O)C1=C(C)NC(C)(c2nc(-c3cc(OC)c(OC)c(OC)c3)cs2)C(C(=O)OCC)C1c1ccccc1. The van der Waals surface area contributed by atoms with E-state index in [0.717, 1.165) is 11.1 Å². The summed E-state index contributed by atoms with van der Waals surface area (Å²) in [6, 6.07) is 13.2. The van der Waals surface area contributed by atoms with Gasteiger partial charge >= 0.3 is 11.9 Å². The maximum Gasteiger partial charge on any atom is 0.336 e. The molecule has 0 aliphatic carbocycles. The van der Waals surface area contributed by atoms with Gasteiger partial charge in [0, 0.05) is 22.6 Å². The number of aromatic nitrogens is 1. The summed E-state index contributed by atoms with van der Waals surface area (Å²) in [4.78, 5) is 32.1. The Kier molecular flexibility index (Phi) is 9.22. The molecule has 0 spiro atoms. The van der Waals surface area contributed by atoms with Gasteiger partial charge in [-0.05, 0) is 45.4 Å². The van der Waals surface area contributed by atoms with Gasteiger partial charge in [0.2, 0.25) is 5.75 Å². The molecule has 3 atom stereocenters. The molecule has 4 rings (SSSR count). The maximum atomic E-state index is 13.8. The zero-order valence-electron chi connectivity index (χ0n) is 24.4. The first-order chi connectivity index (χ1) is 19.7. The molecule has 0 saturated heterocycles. The van der Waals surface area contributed by atoms with Crippen molar-refractivity contribution in [2.45, 2.75) is 39.2 Å². The maximum absolute atomic E-state index is 13.8. The van der Waals surface area contributed by atoms with E-state index in [0.29, 0.717) is 39.2 Å². The lowest BCUT2D eigenvalue weighted by Gasteiger charge is -2.45. The van der Waals surface area contributed by atoms with Crippen LogP contribution in [-0.2, 0) is 24.6 Å². The van der Waals surface area contributed by atoms with E-state index < -0.39 is 29.3 Å². The Hall–Kier alpha value is -4.05. The first-order valence-corrected chi connectivity index (χ1v) is 14.3. The molecule has 41 heavy (non-hydrogen) atoms. The minimum Gasteiger partial charge on any atom is -0.493 e. The topological polar surface area (TPSA) is 105 Å². The summed E-state index contributed by atoms with van der Waals surface area (Å²) in [5.74, 6) is -0.874. The Labute approximate surface area is 244 Å². The van der Waals surface area contributed by atoms with Crippen molar-refractivity contribution in [1.82, 2.24) is 10.3 Å². The van der Waals surface area contributed by atoms with E-state index in [1.807, 2.05) is 61.7 Å². The van der Waals surface area contributed by atoms with Crippen LogP contribution in [0.25, 0.3) is 11.3 Å². The number of methoxy groups -OCH3 is 3. The molecule has 2 aromatic carbocycles. The van der Waals surface area contributed by atoms with E-state index in [2.05, 4.69) is 5.32 Å². The Bertz CT molecular complexity index is 1410. The minimum absolute atomic E-state index is 0.193. The minimum atomic E-state index is -1.02. The van der Waals surface area contributed by atoms with Gasteiger partial charge in [0.1, 0.15) is 10.5 Å². The number of hydrogen-bond acceptors (Lipinski definition) is 10. The van der Waals surface area contributed by atoms with E-state index in [9.17, 15) is 9.59 Å². The number of esters is 2. The van der Waals surface area contributed by atoms with Crippen molar-refractivity contribution in [2.75, 3.05) is 34.5 Å². The molecule has 3 aromatic rings. The third-order valence-corrected chi connectivity index (χ3v) is 8.30. The Balaban J connectivity index is 1.90. The number of allylic oxidation sites excluding steroid dienone is 1. The number of hydrogen-bond donors (Lipinski definition) is 1. The molecule has 10 heteroatoms. The first kappa shape index (κ1) is 29.9. The molecule has 1 N–H and O–H groups in total. The van der Waals surface area contributed by atoms with Crippen LogP contribution in [0.15, 0.2) is 59.1 Å². The predicted molar refractivity (Wildman–Crippen MR) is 156 cm³/mol. The van der Waals surface area contributed by atoms with Crippen LogP contribution in [0.1, 0.15) is 44.2 Å². The highest BCUT2D eigenvalue weighted by molar-refractivity contribution is 7.10. The Morgan fingerprint density at radius 3 is 2.17 bits per heavy atom. The number of benzene rings is 2. The quantitative estimate of drug-likeness (QED) is 0.313. The van der Waals surface area contributed by atoms with Gasteiger partial charge < -0.3 is 29.0 Å². The zero-order valence-corrected chi connectivity index (χ0v) is 25.2. The molecule has 1 aliphatic rings. The molecule has 3 unspecified atom stereocenters. The summed E-state index contributed by atoms with van der Waals surface area (Å²) in [6.45, 7) is 7.68. The lowest BCUT2D eigenvalue weighted by molar-refractivity contribution is -0.152. The van der Waals surface area contributed by atoms with E-state index in [1.165, 1.54) is 11.3 Å². The van der Waals surface area contributed by atoms with Crippen LogP contribution in [0, 0.1) is 5.92 Å². The van der Waals surface area contributed by atoms with Crippen molar-refractivity contribution in [2.24, 2.45) is 5.92 Å². The van der Waals surface area contributed by atoms with Crippen LogP contribution < -0.4 is 19.5 Å². The molecular formula is C31H36N2O7S. The molecule has 1 aromatic heterocycles. The van der Waals surface area contributed by atoms with Crippen molar-refractivity contribution in [3.63, 3.8) is 0 Å². The van der Waals surface area contributed by atoms with Crippen LogP contribution >= 0.6 is 11.3 Å². The molecule has 0 amide bonds. The third kappa shape index (κ3) is 5.61. The second-order valence-electron chi connectivity index (χ2n) is 9.66. The number of ether oxygens (including phenoxy) is 5. The number of nitrogens with one attached hydrogen (secondary N) is 1. The highest BCUT2D eigenvalue weighted by Crippen LogP contribution is 2.50. The molecular weight excluding hydrogens is 544 g/mol. The van der Waals surface area contributed by atoms with Crippen molar-refractivity contribution < 1.29 is 33.3 Å². The van der Waals surface area contributed by atoms with Crippen LogP contribution in [0.2, 0.25) is 0 Å². The van der Waals surface area contributed by atoms with Gasteiger partial charge in [-0.2, -0.15) is 0 Å². The van der Waals surface area contributed by atoms with Gasteiger partial charge in [-0.1, -0.05) is 30.3 Å². The molecule has 0 fully saturated rings. The van der Waals surface area contributed by atoms with Crippen LogP contribution in [0.5, 0.6) is 17.2 Å². The number of carbonyl (C=O) groups is 2. The molecule has 2 heterocycles. The summed E-state index contributed by atoms with van der Waals surface area (Å²) in [5, 5.41) is 6.05. The second-order valence-corrected chi connectivity index (χ2v) is 10.5. The number of rotatable bonds is 10. The summed E-state index contributed by atoms with van der Waals surface area (Å²) in [6.07, 6.45) is 0. The van der Waals surface area contributed by atoms with Crippen molar-refractivity contribution in [3.05, 3.63) is 69.7 Å². The van der Waals surface area contributed by atoms with Crippen LogP contribution in [0.4, 0.5) is 0 Å². The van der Waals surface area contributed by atoms with Gasteiger partial charge in [-0.15, -0.1) is 11.3 Å². The molecule has 1 aliphatic heterocycles. The van der Waals surface area contributed by atoms with Crippen LogP contribution in [0.3, 0.4) is 0 Å². The average Bonchev–Trinajstić information content (AvgIpc) is 3.48. The van der Waals surface area contributed by atoms with Gasteiger partial charge in [0.25, 0.3) is 0 Å². The Morgan fingerprint density at radius 1 is 0.976 bits per heavy atom. The first-order valence-electron chi connectivity index (χ1n) is 13.4. The summed E-state index contributed by atoms with van der Waals surface area (Å²) in [5.41, 5.74) is 2.23. The summed E-state index contributed by atoms with van der Waals surface area (Å²) < 4.78 is 27.6. The number of thiazole rings is 1. The normalized spacial score (nSPS) is 20.2. The largest absolute Gasteiger partial charge is 0.493 e. The fourth-order valence-corrected chi connectivity index (χ4v) is 6.43. The molecule has 9 nitrogen and oxygen atoms in total. The predicted octanol–water partition coefficient (Wildman–Crippen LogP) is 5.45. The lowest BCUT2D eigenvalue weighted by Crippen LogP contribution is -2.55. The van der Waals surface area contributed by atoms with Gasteiger partial charge in [-0.3, -0.25) is 4.79 Å². The molecule has 0 bridgehead atoms. The van der Waals surface area contributed by atoms with E-state index in [4.69, 9.17) is 28.7 Å². The standard InChI is InChI=1S/C31H36N2O7S/c1-8-39-28(34)24-18(3)33-31(4,26(29(35)40-9-2)25(24)19-13-11-10-12-14-19)30-32-21(17-41-30)20-15-22(36-5)27(38-7)23(16-20)37-6/h10-17,25-26,33H,8-9H2,1-7H3. The van der Waals surface area contributed by atoms with Gasteiger partial charge in [0.15, 0.2) is 11.5 Å². The van der Waals surface area contributed by atoms with E-state index >= 15 is 0 Å². The second kappa shape index (κ2) is 12.6. The smallest absolute Gasteiger partial charge is 0.336 e. The fourth-order valence-electron chi connectivity index (χ4n) is 5.44. The van der Waals surface area contributed by atoms with E-state index in [1.54, 1.807) is 35.2 Å². The van der Waals surface area contributed by atoms with E-state index in [-0.39, 0.29) is 13.2 Å². The molecule has 218 valence electrons. The molecule has 0 saturated carbocycles. The Morgan fingerprint density at radius 2 is 1.61 bits per heavy atom. The van der Waals surface area contributed by atoms with Crippen molar-refractivity contribution in [3.8, 4) is 28.5 Å². The van der Waals surface area contributed by atoms with Crippen molar-refractivity contribution >= 4 is 23.3 Å². The highest BCUT2D eigenvalue weighted by atomic mass is 32.1. The number of nitrogens with zero attached hydrogens (tertiary/aromatic N) is 1. The average molecular weight is 581 g/mol. The summed E-state index contributed by atoms with van der Waals surface area (Å²) >= 11 is 1.41. The highest BCUT2D eigenvalue weighted by Gasteiger charge is 2.54. The third-order valence-electron chi connectivity index (χ3n) is 7.22. The number of carbonyl (C=O) groups excluding carboxylic acids is 2. The zero-order chi connectivity index (χ0) is 29.7. The van der Waals surface area contributed by atoms with Gasteiger partial charge in [0.05, 0.1) is 51.7 Å². The summed E-state index contributed by atoms with van der Waals surface area (Å²) in [7, 11) is 4.67. The van der Waals surface area contributed by atoms with Gasteiger partial charge in [-0.25, -0.2) is 9.78 Å². The molecule has 0 radical (unpaired) electrons. The lowest BCUT2D eigenvalue weighted by atomic mass is 9.67. The van der Waals surface area contributed by atoms with Crippen molar-refractivity contribution in [1.29, 1.82) is 0 Å². The monoisotopic (exact) mass is 580 g/mol.